The summed E-state index contributed by atoms with van der Waals surface area (Å²) in [5, 5.41) is 5.55. The van der Waals surface area contributed by atoms with Crippen LogP contribution in [0, 0.1) is 0 Å². The first-order valence-corrected chi connectivity index (χ1v) is 31.2. The highest BCUT2D eigenvalue weighted by atomic mass is 32.2. The molecule has 0 bridgehead atoms. The van der Waals surface area contributed by atoms with Gasteiger partial charge >= 0.3 is 23.9 Å². The van der Waals surface area contributed by atoms with Gasteiger partial charge < -0.3 is 29.6 Å². The molecule has 0 heterocycles. The van der Waals surface area contributed by atoms with Gasteiger partial charge in [-0.25, -0.2) is 4.79 Å². The number of esters is 4. The molecule has 2 N–H and O–H groups in total. The van der Waals surface area contributed by atoms with Gasteiger partial charge in [0.15, 0.2) is 0 Å². The zero-order valence-electron chi connectivity index (χ0n) is 48.8. The fraction of sp³-hybridized carbons (Fsp3) is 0.806. The zero-order valence-corrected chi connectivity index (χ0v) is 49.6. The lowest BCUT2D eigenvalue weighted by Crippen LogP contribution is -2.44. The van der Waals surface area contributed by atoms with Crippen molar-refractivity contribution in [3.8, 4) is 0 Å². The highest BCUT2D eigenvalue weighted by Crippen LogP contribution is 2.19. The van der Waals surface area contributed by atoms with E-state index in [0.29, 0.717) is 30.0 Å². The Morgan fingerprint density at radius 3 is 1.33 bits per heavy atom. The number of rotatable bonds is 47. The minimum absolute atomic E-state index is 0.00476. The van der Waals surface area contributed by atoms with Crippen molar-refractivity contribution in [2.75, 3.05) is 23.4 Å². The number of nitrogens with one attached hydrogen (secondary N) is 2. The summed E-state index contributed by atoms with van der Waals surface area (Å²) >= 11 is 1.46. The highest BCUT2D eigenvalue weighted by Gasteiger charge is 2.29. The molecule has 0 saturated carbocycles. The molecule has 13 heteroatoms. The molecule has 1 unspecified atom stereocenters. The molecule has 0 aliphatic rings. The van der Waals surface area contributed by atoms with Crippen molar-refractivity contribution in [2.45, 2.75) is 303 Å². The summed E-state index contributed by atoms with van der Waals surface area (Å²) in [6.07, 6.45) is 37.7. The second kappa shape index (κ2) is 44.4. The van der Waals surface area contributed by atoms with Crippen LogP contribution < -0.4 is 10.6 Å². The number of benzene rings is 1. The van der Waals surface area contributed by atoms with Crippen molar-refractivity contribution < 1.29 is 47.7 Å². The Hall–Kier alpha value is -3.61. The summed E-state index contributed by atoms with van der Waals surface area (Å²) in [7, 11) is 0. The molecule has 0 fully saturated rings. The summed E-state index contributed by atoms with van der Waals surface area (Å²) < 4.78 is 22.4. The topological polar surface area (TPSA) is 163 Å². The van der Waals surface area contributed by atoms with Gasteiger partial charge in [-0.3, -0.25) is 24.0 Å². The predicted octanol–water partition coefficient (Wildman–Crippen LogP) is 16.3. The third-order valence-corrected chi connectivity index (χ3v) is 14.1. The minimum Gasteiger partial charge on any atom is -0.462 e. The van der Waals surface area contributed by atoms with Crippen LogP contribution in [0.5, 0.6) is 0 Å². The van der Waals surface area contributed by atoms with Gasteiger partial charge in [-0.15, -0.1) is 0 Å². The van der Waals surface area contributed by atoms with Gasteiger partial charge in [-0.2, -0.15) is 11.8 Å². The van der Waals surface area contributed by atoms with Crippen LogP contribution in [0.3, 0.4) is 0 Å². The third kappa shape index (κ3) is 43.1. The standard InChI is InChI=1S/C62H108N2O10S/c1-9-11-13-15-17-19-21-23-25-27-29-31-33-35-37-39-56(66)71-49-53(72-57(67)40-38-36-34-32-30-28-26-24-22-20-18-16-14-12-10-2)50-75-48-47-55(65)63-52-43-41-51(42-44-52)59(69)64-54(60(70)74-62(6,7)8)45-46-58(68)73-61(3,4)5/h41-44,53-54H,9-40,45-50H2,1-8H3,(H,63,65)(H,64,69)/t53?,54-/m0/s1. The van der Waals surface area contributed by atoms with Crippen LogP contribution in [0.15, 0.2) is 24.3 Å². The Morgan fingerprint density at radius 1 is 0.493 bits per heavy atom. The van der Waals surface area contributed by atoms with Crippen LogP contribution in [0.1, 0.15) is 290 Å². The largest absolute Gasteiger partial charge is 0.462 e. The number of carbonyl (C=O) groups is 6. The molecule has 12 nitrogen and oxygen atoms in total. The van der Waals surface area contributed by atoms with E-state index >= 15 is 0 Å². The van der Waals surface area contributed by atoms with Crippen molar-refractivity contribution in [1.29, 1.82) is 0 Å². The van der Waals surface area contributed by atoms with E-state index in [2.05, 4.69) is 24.5 Å². The third-order valence-electron chi connectivity index (χ3n) is 13.0. The number of anilines is 1. The van der Waals surface area contributed by atoms with Gasteiger partial charge in [0.05, 0.1) is 0 Å². The molecule has 2 atom stereocenters. The molecule has 432 valence electrons. The number of hydrogen-bond acceptors (Lipinski definition) is 11. The van der Waals surface area contributed by atoms with Gasteiger partial charge in [0.2, 0.25) is 5.91 Å². The lowest BCUT2D eigenvalue weighted by molar-refractivity contribution is -0.158. The Kier molecular flexibility index (Phi) is 41.1. The van der Waals surface area contributed by atoms with Crippen LogP contribution in [-0.2, 0) is 42.9 Å². The second-order valence-electron chi connectivity index (χ2n) is 22.8. The smallest absolute Gasteiger partial charge is 0.329 e. The van der Waals surface area contributed by atoms with E-state index in [4.69, 9.17) is 18.9 Å². The average Bonchev–Trinajstić information content (AvgIpc) is 3.34. The fourth-order valence-corrected chi connectivity index (χ4v) is 9.65. The van der Waals surface area contributed by atoms with Gasteiger partial charge in [0.25, 0.3) is 5.91 Å². The minimum atomic E-state index is -1.08. The van der Waals surface area contributed by atoms with E-state index in [1.165, 1.54) is 166 Å². The van der Waals surface area contributed by atoms with E-state index < -0.39 is 41.2 Å². The van der Waals surface area contributed by atoms with Crippen LogP contribution >= 0.6 is 11.8 Å². The van der Waals surface area contributed by atoms with E-state index in [1.54, 1.807) is 65.8 Å². The first-order chi connectivity index (χ1) is 35.9. The lowest BCUT2D eigenvalue weighted by atomic mass is 10.0. The predicted molar refractivity (Wildman–Crippen MR) is 309 cm³/mol. The van der Waals surface area contributed by atoms with Crippen LogP contribution in [0.25, 0.3) is 0 Å². The maximum Gasteiger partial charge on any atom is 0.329 e. The van der Waals surface area contributed by atoms with E-state index in [-0.39, 0.29) is 49.3 Å². The number of thioether (sulfide) groups is 1. The summed E-state index contributed by atoms with van der Waals surface area (Å²) in [5.74, 6) is -1.65. The average molecular weight is 1070 g/mol. The summed E-state index contributed by atoms with van der Waals surface area (Å²) in [6, 6.07) is 5.20. The molecule has 0 spiro atoms. The molecule has 0 aliphatic carbocycles. The first-order valence-electron chi connectivity index (χ1n) is 30.0. The van der Waals surface area contributed by atoms with Crippen LogP contribution in [-0.4, -0.2) is 77.2 Å². The summed E-state index contributed by atoms with van der Waals surface area (Å²) in [4.78, 5) is 77.4. The Labute approximate surface area is 461 Å². The maximum atomic E-state index is 13.2. The molecule has 0 radical (unpaired) electrons. The van der Waals surface area contributed by atoms with Crippen molar-refractivity contribution in [3.63, 3.8) is 0 Å². The van der Waals surface area contributed by atoms with Gasteiger partial charge in [0, 0.05) is 48.4 Å². The quantitative estimate of drug-likeness (QED) is 0.0363. The van der Waals surface area contributed by atoms with E-state index in [1.807, 2.05) is 0 Å². The number of amides is 2. The summed E-state index contributed by atoms with van der Waals surface area (Å²) in [6.45, 7) is 15.0. The Balaban J connectivity index is 2.60. The molecule has 2 amide bonds. The number of hydrogen-bond donors (Lipinski definition) is 2. The SMILES string of the molecule is CCCCCCCCCCCCCCCCCC(=O)OCC(CSCCC(=O)Nc1ccc(C(=O)N[C@@H](CCC(=O)OC(C)(C)C)C(=O)OC(C)(C)C)cc1)OC(=O)CCCCCCCCCCCCCCCCC. The maximum absolute atomic E-state index is 13.2. The molecule has 1 aromatic rings. The second-order valence-corrected chi connectivity index (χ2v) is 24.0. The number of unbranched alkanes of at least 4 members (excludes halogenated alkanes) is 28. The van der Waals surface area contributed by atoms with Gasteiger partial charge in [-0.05, 0) is 85.1 Å². The Bertz CT molecular complexity index is 1660. The van der Waals surface area contributed by atoms with Gasteiger partial charge in [-0.1, -0.05) is 194 Å². The van der Waals surface area contributed by atoms with Crippen molar-refractivity contribution in [2.24, 2.45) is 0 Å². The molecular formula is C62H108N2O10S. The Morgan fingerprint density at radius 2 is 0.907 bits per heavy atom. The summed E-state index contributed by atoms with van der Waals surface area (Å²) in [5.41, 5.74) is -0.749. The number of carbonyl (C=O) groups excluding carboxylic acids is 6. The highest BCUT2D eigenvalue weighted by molar-refractivity contribution is 7.99. The first kappa shape index (κ1) is 69.4. The van der Waals surface area contributed by atoms with Crippen molar-refractivity contribution >= 4 is 53.1 Å². The van der Waals surface area contributed by atoms with Crippen LogP contribution in [0.4, 0.5) is 5.69 Å². The molecule has 0 aliphatic heterocycles. The van der Waals surface area contributed by atoms with Crippen molar-refractivity contribution in [3.05, 3.63) is 29.8 Å². The van der Waals surface area contributed by atoms with Crippen molar-refractivity contribution in [1.82, 2.24) is 5.32 Å². The molecule has 75 heavy (non-hydrogen) atoms. The normalized spacial score (nSPS) is 12.4. The van der Waals surface area contributed by atoms with E-state index in [0.717, 1.165) is 38.5 Å². The monoisotopic (exact) mass is 1070 g/mol. The molecule has 0 aromatic heterocycles. The van der Waals surface area contributed by atoms with Crippen LogP contribution in [0.2, 0.25) is 0 Å². The molecular weight excluding hydrogens is 965 g/mol. The van der Waals surface area contributed by atoms with E-state index in [9.17, 15) is 28.8 Å². The fourth-order valence-electron chi connectivity index (χ4n) is 8.73. The van der Waals surface area contributed by atoms with Gasteiger partial charge in [0.1, 0.15) is 30.0 Å². The zero-order chi connectivity index (χ0) is 55.4. The number of ether oxygens (including phenoxy) is 4. The molecule has 1 rings (SSSR count). The molecule has 1 aromatic carbocycles. The molecule has 0 saturated heterocycles. The lowest BCUT2D eigenvalue weighted by Gasteiger charge is -2.25.